The Morgan fingerprint density at radius 1 is 0.878 bits per heavy atom. The molecular formula is C30H47NO10. The summed E-state index contributed by atoms with van der Waals surface area (Å²) in [6.45, 7) is 11.7. The highest BCUT2D eigenvalue weighted by molar-refractivity contribution is 5.81. The van der Waals surface area contributed by atoms with Crippen molar-refractivity contribution in [2.75, 3.05) is 20.3 Å². The highest BCUT2D eigenvalue weighted by Gasteiger charge is 2.38. The molecule has 41 heavy (non-hydrogen) atoms. The number of unbranched alkanes of at least 4 members (excludes halogenated alkanes) is 1. The first-order chi connectivity index (χ1) is 19.4. The van der Waals surface area contributed by atoms with E-state index in [4.69, 9.17) is 34.2 Å². The van der Waals surface area contributed by atoms with E-state index >= 15 is 0 Å². The zero-order valence-electron chi connectivity index (χ0n) is 25.5. The molecule has 11 heteroatoms. The summed E-state index contributed by atoms with van der Waals surface area (Å²) >= 11 is 0. The summed E-state index contributed by atoms with van der Waals surface area (Å²) in [7, 11) is 1.21. The van der Waals surface area contributed by atoms with Gasteiger partial charge in [0.05, 0.1) is 20.3 Å². The Balaban J connectivity index is 3.20. The van der Waals surface area contributed by atoms with E-state index in [-0.39, 0.29) is 61.8 Å². The van der Waals surface area contributed by atoms with Crippen molar-refractivity contribution >= 4 is 24.2 Å². The summed E-state index contributed by atoms with van der Waals surface area (Å²) in [4.78, 5) is 49.6. The number of carbonyl (C=O) groups excluding carboxylic acids is 4. The molecule has 1 rings (SSSR count). The smallest absolute Gasteiger partial charge is 0.468 e. The molecule has 1 aromatic rings. The van der Waals surface area contributed by atoms with Crippen molar-refractivity contribution in [2.24, 2.45) is 17.6 Å². The Bertz CT molecular complexity index is 997. The molecule has 232 valence electrons. The maximum absolute atomic E-state index is 12.8. The highest BCUT2D eigenvalue weighted by atomic mass is 16.7. The van der Waals surface area contributed by atoms with E-state index in [9.17, 15) is 19.2 Å². The number of methoxy groups -OCH3 is 1. The predicted molar refractivity (Wildman–Crippen MR) is 152 cm³/mol. The van der Waals surface area contributed by atoms with Crippen LogP contribution in [-0.4, -0.2) is 56.2 Å². The number of hydrogen-bond acceptors (Lipinski definition) is 11. The fourth-order valence-corrected chi connectivity index (χ4v) is 3.68. The van der Waals surface area contributed by atoms with Crippen LogP contribution in [0.25, 0.3) is 0 Å². The Kier molecular flexibility index (Phi) is 15.8. The van der Waals surface area contributed by atoms with Crippen LogP contribution in [0.3, 0.4) is 0 Å². The lowest BCUT2D eigenvalue weighted by Gasteiger charge is -2.29. The van der Waals surface area contributed by atoms with Gasteiger partial charge in [0.2, 0.25) is 0 Å². The molecule has 0 saturated carbocycles. The molecule has 0 amide bonds. The first kappa shape index (κ1) is 35.7. The fraction of sp³-hybridized carbons (Fsp3) is 0.667. The highest BCUT2D eigenvalue weighted by Crippen LogP contribution is 2.32. The third-order valence-corrected chi connectivity index (χ3v) is 6.59. The Hall–Kier alpha value is -3.34. The number of rotatable bonds is 17. The molecule has 0 saturated heterocycles. The van der Waals surface area contributed by atoms with Crippen LogP contribution >= 0.6 is 0 Å². The summed E-state index contributed by atoms with van der Waals surface area (Å²) in [5, 5.41) is 0. The molecule has 2 N–H and O–H groups in total. The number of esters is 2. The Morgan fingerprint density at radius 3 is 1.95 bits per heavy atom. The Morgan fingerprint density at radius 2 is 1.44 bits per heavy atom. The maximum atomic E-state index is 12.8. The predicted octanol–water partition coefficient (Wildman–Crippen LogP) is 5.73. The van der Waals surface area contributed by atoms with Crippen LogP contribution in [-0.2, 0) is 35.0 Å². The van der Waals surface area contributed by atoms with Gasteiger partial charge in [-0.05, 0) is 42.9 Å². The summed E-state index contributed by atoms with van der Waals surface area (Å²) in [5.74, 6) is -1.03. The first-order valence-corrected chi connectivity index (χ1v) is 14.3. The molecule has 0 radical (unpaired) electrons. The van der Waals surface area contributed by atoms with E-state index in [1.807, 2.05) is 34.6 Å². The van der Waals surface area contributed by atoms with Crippen LogP contribution in [0.5, 0.6) is 11.5 Å². The van der Waals surface area contributed by atoms with Gasteiger partial charge in [-0.15, -0.1) is 0 Å². The van der Waals surface area contributed by atoms with Crippen molar-refractivity contribution in [3.63, 3.8) is 0 Å². The molecule has 3 unspecified atom stereocenters. The minimum absolute atomic E-state index is 0.0229. The van der Waals surface area contributed by atoms with Gasteiger partial charge in [0.25, 0.3) is 0 Å². The third kappa shape index (κ3) is 13.2. The zero-order chi connectivity index (χ0) is 31.0. The molecule has 0 heterocycles. The standard InChI is InChI=1S/C30H47NO10/c1-8-11-12-26(32)39-22(6)16-30(31,27(33)36-7)17-23-13-14-24(40-28(34)37-18-20(4)9-2)25(15-23)41-29(35)38-19-21(5)10-3/h13-15,20-22H,8-12,16-19,31H2,1-7H3/t20?,21?,22?,30-/m1/s1. The molecule has 4 atom stereocenters. The molecule has 0 fully saturated rings. The third-order valence-electron chi connectivity index (χ3n) is 6.59. The molecule has 0 aliphatic rings. The SMILES string of the molecule is CCCCC(=O)OC(C)C[C@@](N)(Cc1ccc(OC(=O)OCC(C)CC)c(OC(=O)OCC(C)CC)c1)C(=O)OC. The molecule has 1 aromatic carbocycles. The number of benzene rings is 1. The van der Waals surface area contributed by atoms with E-state index in [1.165, 1.54) is 19.2 Å². The quantitative estimate of drug-likeness (QED) is 0.136. The van der Waals surface area contributed by atoms with Crippen molar-refractivity contribution in [2.45, 2.75) is 98.1 Å². The van der Waals surface area contributed by atoms with Gasteiger partial charge >= 0.3 is 24.2 Å². The normalized spacial score (nSPS) is 14.5. The minimum Gasteiger partial charge on any atom is -0.468 e. The van der Waals surface area contributed by atoms with Crippen molar-refractivity contribution < 1.29 is 47.6 Å². The molecule has 11 nitrogen and oxygen atoms in total. The van der Waals surface area contributed by atoms with E-state index in [0.717, 1.165) is 19.3 Å². The molecule has 0 bridgehead atoms. The van der Waals surface area contributed by atoms with E-state index in [0.29, 0.717) is 12.0 Å². The number of ether oxygens (including phenoxy) is 6. The zero-order valence-corrected chi connectivity index (χ0v) is 25.5. The van der Waals surface area contributed by atoms with Crippen molar-refractivity contribution in [3.05, 3.63) is 23.8 Å². The first-order valence-electron chi connectivity index (χ1n) is 14.3. The minimum atomic E-state index is -1.58. The van der Waals surface area contributed by atoms with E-state index < -0.39 is 29.9 Å². The molecule has 0 aliphatic heterocycles. The molecule has 0 aromatic heterocycles. The van der Waals surface area contributed by atoms with Crippen LogP contribution in [0, 0.1) is 11.8 Å². The number of carbonyl (C=O) groups is 4. The van der Waals surface area contributed by atoms with E-state index in [2.05, 4.69) is 0 Å². The van der Waals surface area contributed by atoms with Crippen LogP contribution < -0.4 is 15.2 Å². The second-order valence-corrected chi connectivity index (χ2v) is 10.6. The van der Waals surface area contributed by atoms with Gasteiger partial charge in [0.15, 0.2) is 11.5 Å². The van der Waals surface area contributed by atoms with Crippen LogP contribution in [0.15, 0.2) is 18.2 Å². The largest absolute Gasteiger partial charge is 0.513 e. The summed E-state index contributed by atoms with van der Waals surface area (Å²) in [5.41, 5.74) is 5.39. The molecule has 0 aliphatic carbocycles. The van der Waals surface area contributed by atoms with Crippen LogP contribution in [0.4, 0.5) is 9.59 Å². The molecular weight excluding hydrogens is 534 g/mol. The average molecular weight is 582 g/mol. The lowest BCUT2D eigenvalue weighted by molar-refractivity contribution is -0.155. The van der Waals surface area contributed by atoms with Crippen molar-refractivity contribution in [1.29, 1.82) is 0 Å². The van der Waals surface area contributed by atoms with E-state index in [1.54, 1.807) is 13.0 Å². The average Bonchev–Trinajstić information content (AvgIpc) is 2.93. The van der Waals surface area contributed by atoms with Gasteiger partial charge in [-0.3, -0.25) is 9.59 Å². The van der Waals surface area contributed by atoms with Crippen LogP contribution in [0.2, 0.25) is 0 Å². The van der Waals surface area contributed by atoms with Gasteiger partial charge in [-0.25, -0.2) is 9.59 Å². The van der Waals surface area contributed by atoms with Crippen molar-refractivity contribution in [3.8, 4) is 11.5 Å². The second kappa shape index (κ2) is 18.2. The lowest BCUT2D eigenvalue weighted by Crippen LogP contribution is -2.53. The monoisotopic (exact) mass is 581 g/mol. The topological polar surface area (TPSA) is 150 Å². The van der Waals surface area contributed by atoms with Gasteiger partial charge in [0.1, 0.15) is 11.6 Å². The maximum Gasteiger partial charge on any atom is 0.513 e. The lowest BCUT2D eigenvalue weighted by atomic mass is 9.86. The van der Waals surface area contributed by atoms with Crippen LogP contribution in [0.1, 0.15) is 85.6 Å². The summed E-state index contributed by atoms with van der Waals surface area (Å²) in [6, 6.07) is 4.39. The van der Waals surface area contributed by atoms with Crippen molar-refractivity contribution in [1.82, 2.24) is 0 Å². The van der Waals surface area contributed by atoms with Gasteiger partial charge in [0, 0.05) is 19.3 Å². The van der Waals surface area contributed by atoms with Gasteiger partial charge < -0.3 is 34.2 Å². The number of hydrogen-bond donors (Lipinski definition) is 1. The fourth-order valence-electron chi connectivity index (χ4n) is 3.68. The summed E-state index contributed by atoms with van der Waals surface area (Å²) < 4.78 is 31.4. The second-order valence-electron chi connectivity index (χ2n) is 10.6. The van der Waals surface area contributed by atoms with Gasteiger partial charge in [-0.1, -0.05) is 59.9 Å². The molecule has 0 spiro atoms. The Labute approximate surface area is 243 Å². The number of nitrogens with two attached hydrogens (primary N) is 1. The summed E-state index contributed by atoms with van der Waals surface area (Å²) in [6.07, 6.45) is 0.725. The van der Waals surface area contributed by atoms with Gasteiger partial charge in [-0.2, -0.15) is 0 Å².